The number of anilines is 3. The van der Waals surface area contributed by atoms with Crippen LogP contribution < -0.4 is 4.90 Å². The quantitative estimate of drug-likeness (QED) is 0.219. The third kappa shape index (κ3) is 3.12. The van der Waals surface area contributed by atoms with Crippen LogP contribution in [0.15, 0.2) is 143 Å². The fourth-order valence-electron chi connectivity index (χ4n) is 5.88. The zero-order chi connectivity index (χ0) is 25.1. The smallest absolute Gasteiger partial charge is 0.0808 e. The van der Waals surface area contributed by atoms with E-state index in [1.165, 1.54) is 59.5 Å². The van der Waals surface area contributed by atoms with E-state index in [-0.39, 0.29) is 0 Å². The molecule has 38 heavy (non-hydrogen) atoms. The maximum Gasteiger partial charge on any atom is 0.0808 e. The minimum Gasteiger partial charge on any atom is -0.307 e. The molecule has 0 unspecified atom stereocenters. The summed E-state index contributed by atoms with van der Waals surface area (Å²) in [5.41, 5.74) is 6.99. The van der Waals surface area contributed by atoms with Gasteiger partial charge in [0.2, 0.25) is 0 Å². The van der Waals surface area contributed by atoms with Crippen LogP contribution in [-0.4, -0.2) is 4.98 Å². The number of nitrogens with zero attached hydrogens (tertiary/aromatic N) is 2. The lowest BCUT2D eigenvalue weighted by molar-refractivity contribution is 1.18. The summed E-state index contributed by atoms with van der Waals surface area (Å²) >= 11 is 1.84. The lowest BCUT2D eigenvalue weighted by Crippen LogP contribution is -2.16. The summed E-state index contributed by atoms with van der Waals surface area (Å²) in [7, 11) is 0. The highest BCUT2D eigenvalue weighted by molar-refractivity contribution is 7.99. The van der Waals surface area contributed by atoms with Crippen LogP contribution in [0.25, 0.3) is 43.6 Å². The van der Waals surface area contributed by atoms with Crippen molar-refractivity contribution in [2.24, 2.45) is 0 Å². The first-order valence-electron chi connectivity index (χ1n) is 12.8. The lowest BCUT2D eigenvalue weighted by atomic mass is 9.90. The molecule has 0 N–H and O–H groups in total. The summed E-state index contributed by atoms with van der Waals surface area (Å²) in [6, 6.07) is 45.7. The molecule has 0 saturated heterocycles. The molecule has 0 amide bonds. The Hall–Kier alpha value is -4.60. The molecule has 1 aromatic heterocycles. The number of fused-ring (bicyclic) bond motifs is 5. The van der Waals surface area contributed by atoms with Gasteiger partial charge >= 0.3 is 0 Å². The lowest BCUT2D eigenvalue weighted by Gasteiger charge is -2.34. The number of rotatable bonds is 2. The minimum absolute atomic E-state index is 1.02. The van der Waals surface area contributed by atoms with Crippen molar-refractivity contribution in [3.8, 4) is 11.1 Å². The molecular weight excluding hydrogens is 480 g/mol. The molecule has 0 atom stereocenters. The van der Waals surface area contributed by atoms with E-state index in [1.54, 1.807) is 0 Å². The summed E-state index contributed by atoms with van der Waals surface area (Å²) in [6.07, 6.45) is 1.92. The van der Waals surface area contributed by atoms with Crippen LogP contribution in [0, 0.1) is 0 Å². The summed E-state index contributed by atoms with van der Waals surface area (Å²) in [5.74, 6) is 0. The molecule has 8 rings (SSSR count). The average molecular weight is 503 g/mol. The van der Waals surface area contributed by atoms with Gasteiger partial charge in [0.25, 0.3) is 0 Å². The van der Waals surface area contributed by atoms with E-state index >= 15 is 0 Å². The molecular formula is C35H22N2S. The molecule has 6 aromatic carbocycles. The van der Waals surface area contributed by atoms with Gasteiger partial charge in [-0.05, 0) is 58.1 Å². The van der Waals surface area contributed by atoms with Gasteiger partial charge < -0.3 is 4.90 Å². The Morgan fingerprint density at radius 1 is 0.500 bits per heavy atom. The molecule has 2 nitrogen and oxygen atoms in total. The molecule has 7 aromatic rings. The molecule has 0 saturated carbocycles. The summed E-state index contributed by atoms with van der Waals surface area (Å²) in [4.78, 5) is 10.0. The molecule has 0 aliphatic carbocycles. The monoisotopic (exact) mass is 502 g/mol. The minimum atomic E-state index is 1.02. The first kappa shape index (κ1) is 21.5. The van der Waals surface area contributed by atoms with Crippen molar-refractivity contribution in [2.45, 2.75) is 9.79 Å². The third-order valence-electron chi connectivity index (χ3n) is 7.47. The van der Waals surface area contributed by atoms with Gasteiger partial charge in [-0.2, -0.15) is 0 Å². The number of pyridine rings is 1. The van der Waals surface area contributed by atoms with Gasteiger partial charge in [0.1, 0.15) is 0 Å². The Bertz CT molecular complexity index is 1920. The summed E-state index contributed by atoms with van der Waals surface area (Å²) < 4.78 is 0. The molecule has 1 aliphatic rings. The van der Waals surface area contributed by atoms with E-state index < -0.39 is 0 Å². The number of aromatic nitrogens is 1. The summed E-state index contributed by atoms with van der Waals surface area (Å²) in [5, 5.41) is 6.04. The van der Waals surface area contributed by atoms with Gasteiger partial charge in [-0.15, -0.1) is 0 Å². The fourth-order valence-corrected chi connectivity index (χ4v) is 6.94. The number of benzene rings is 6. The molecule has 178 valence electrons. The normalized spacial score (nSPS) is 12.6. The van der Waals surface area contributed by atoms with E-state index in [0.29, 0.717) is 0 Å². The van der Waals surface area contributed by atoms with Crippen molar-refractivity contribution in [1.82, 2.24) is 4.98 Å². The second-order valence-electron chi connectivity index (χ2n) is 9.57. The highest BCUT2D eigenvalue weighted by Gasteiger charge is 2.28. The zero-order valence-electron chi connectivity index (χ0n) is 20.5. The fraction of sp³-hybridized carbons (Fsp3) is 0. The predicted molar refractivity (Wildman–Crippen MR) is 161 cm³/mol. The second kappa shape index (κ2) is 8.47. The Morgan fingerprint density at radius 2 is 1.11 bits per heavy atom. The van der Waals surface area contributed by atoms with Gasteiger partial charge in [-0.3, -0.25) is 4.98 Å². The van der Waals surface area contributed by atoms with Crippen LogP contribution in [0.4, 0.5) is 17.1 Å². The van der Waals surface area contributed by atoms with Crippen molar-refractivity contribution in [3.05, 3.63) is 134 Å². The predicted octanol–water partition coefficient (Wildman–Crippen LogP) is 10.1. The number of para-hydroxylation sites is 2. The molecule has 0 fully saturated rings. The van der Waals surface area contributed by atoms with Gasteiger partial charge in [0, 0.05) is 32.3 Å². The first-order valence-corrected chi connectivity index (χ1v) is 13.6. The van der Waals surface area contributed by atoms with Gasteiger partial charge in [0.15, 0.2) is 0 Å². The van der Waals surface area contributed by atoms with Gasteiger partial charge in [-0.1, -0.05) is 103 Å². The van der Waals surface area contributed by atoms with Crippen LogP contribution in [-0.2, 0) is 0 Å². The first-order chi connectivity index (χ1) is 18.9. The topological polar surface area (TPSA) is 16.1 Å². The summed E-state index contributed by atoms with van der Waals surface area (Å²) in [6.45, 7) is 0. The van der Waals surface area contributed by atoms with Gasteiger partial charge in [-0.25, -0.2) is 0 Å². The Labute approximate surface area is 225 Å². The standard InChI is InChI=1S/C35H22N2S/c1-2-13-24-23(11-1)12-9-16-25(24)33-26-14-3-4-15-27(26)35(28-17-10-22-36-34(28)33)37-29-18-5-7-20-31(29)38-32-21-8-6-19-30(32)37/h1-22H. The molecule has 0 spiro atoms. The Kier molecular flexibility index (Phi) is 4.79. The SMILES string of the molecule is c1ccc2c(c1)Sc1ccccc1N2c1c2ccccc2c(-c2cccc3ccccc23)c2ncccc12. The van der Waals surface area contributed by atoms with E-state index in [2.05, 4.69) is 132 Å². The van der Waals surface area contributed by atoms with E-state index in [4.69, 9.17) is 4.98 Å². The highest BCUT2D eigenvalue weighted by Crippen LogP contribution is 2.55. The van der Waals surface area contributed by atoms with E-state index in [9.17, 15) is 0 Å². The molecule has 0 radical (unpaired) electrons. The van der Waals surface area contributed by atoms with Crippen LogP contribution in [0.5, 0.6) is 0 Å². The Morgan fingerprint density at radius 3 is 1.89 bits per heavy atom. The highest BCUT2D eigenvalue weighted by atomic mass is 32.2. The van der Waals surface area contributed by atoms with E-state index in [0.717, 1.165) is 10.9 Å². The molecule has 1 aliphatic heterocycles. The maximum absolute atomic E-state index is 5.05. The average Bonchev–Trinajstić information content (AvgIpc) is 2.99. The van der Waals surface area contributed by atoms with Crippen molar-refractivity contribution in [1.29, 1.82) is 0 Å². The van der Waals surface area contributed by atoms with Crippen molar-refractivity contribution >= 4 is 61.3 Å². The second-order valence-corrected chi connectivity index (χ2v) is 10.7. The zero-order valence-corrected chi connectivity index (χ0v) is 21.3. The van der Waals surface area contributed by atoms with Crippen LogP contribution in [0.3, 0.4) is 0 Å². The van der Waals surface area contributed by atoms with Gasteiger partial charge in [0.05, 0.1) is 22.6 Å². The van der Waals surface area contributed by atoms with Crippen molar-refractivity contribution in [2.75, 3.05) is 4.90 Å². The molecule has 0 bridgehead atoms. The molecule has 3 heteroatoms. The van der Waals surface area contributed by atoms with Crippen LogP contribution >= 0.6 is 11.8 Å². The van der Waals surface area contributed by atoms with E-state index in [1.807, 2.05) is 18.0 Å². The maximum atomic E-state index is 5.05. The van der Waals surface area contributed by atoms with Crippen LogP contribution in [0.2, 0.25) is 0 Å². The largest absolute Gasteiger partial charge is 0.307 e. The number of hydrogen-bond donors (Lipinski definition) is 0. The number of hydrogen-bond acceptors (Lipinski definition) is 3. The Balaban J connectivity index is 1.55. The van der Waals surface area contributed by atoms with Crippen LogP contribution in [0.1, 0.15) is 0 Å². The van der Waals surface area contributed by atoms with Crippen molar-refractivity contribution in [3.63, 3.8) is 0 Å². The molecule has 2 heterocycles. The van der Waals surface area contributed by atoms with Crippen molar-refractivity contribution < 1.29 is 0 Å². The third-order valence-corrected chi connectivity index (χ3v) is 8.60.